The zero-order valence-electron chi connectivity index (χ0n) is 8.22. The summed E-state index contributed by atoms with van der Waals surface area (Å²) in [5, 5.41) is 0. The normalized spacial score (nSPS) is 18.0. The second kappa shape index (κ2) is 4.22. The maximum Gasteiger partial charge on any atom is 0.209 e. The van der Waals surface area contributed by atoms with Gasteiger partial charge in [-0.15, -0.1) is 0 Å². The van der Waals surface area contributed by atoms with Gasteiger partial charge in [0.25, 0.3) is 0 Å². The molecule has 14 heavy (non-hydrogen) atoms. The van der Waals surface area contributed by atoms with E-state index in [1.54, 1.807) is 0 Å². The van der Waals surface area contributed by atoms with Gasteiger partial charge >= 0.3 is 0 Å². The predicted molar refractivity (Wildman–Crippen MR) is 56.6 cm³/mol. The van der Waals surface area contributed by atoms with Crippen molar-refractivity contribution in [3.63, 3.8) is 0 Å². The van der Waals surface area contributed by atoms with Gasteiger partial charge in [0.15, 0.2) is 6.54 Å². The van der Waals surface area contributed by atoms with Crippen LogP contribution in [-0.4, -0.2) is 30.9 Å². The minimum Gasteiger partial charge on any atom is -0.365 e. The van der Waals surface area contributed by atoms with Crippen LogP contribution in [0.2, 0.25) is 0 Å². The van der Waals surface area contributed by atoms with E-state index in [0.29, 0.717) is 13.1 Å². The maximum absolute atomic E-state index is 11.1. The van der Waals surface area contributed by atoms with Crippen molar-refractivity contribution >= 4 is 5.69 Å². The molecule has 0 aromatic heterocycles. The van der Waals surface area contributed by atoms with Gasteiger partial charge < -0.3 is 4.90 Å². The minimum absolute atomic E-state index is 0.620. The Morgan fingerprint density at radius 2 is 1.86 bits per heavy atom. The molecule has 1 aromatic rings. The summed E-state index contributed by atoms with van der Waals surface area (Å²) in [6.45, 7) is 3.12. The Kier molecular flexibility index (Phi) is 2.77. The highest BCUT2D eigenvalue weighted by molar-refractivity contribution is 5.45. The number of nitrogens with zero attached hydrogens (tertiary/aromatic N) is 2. The fourth-order valence-corrected chi connectivity index (χ4v) is 1.79. The van der Waals surface area contributed by atoms with E-state index in [1.165, 1.54) is 5.69 Å². The quantitative estimate of drug-likeness (QED) is 0.630. The summed E-state index contributed by atoms with van der Waals surface area (Å²) in [7, 11) is 0. The summed E-state index contributed by atoms with van der Waals surface area (Å²) < 4.78 is 1.16. The lowest BCUT2D eigenvalue weighted by Crippen LogP contribution is -2.26. The van der Waals surface area contributed by atoms with Crippen molar-refractivity contribution < 1.29 is 4.76 Å². The fourth-order valence-electron chi connectivity index (χ4n) is 1.79. The molecule has 0 N–H and O–H groups in total. The van der Waals surface area contributed by atoms with E-state index in [2.05, 4.69) is 17.0 Å². The fraction of sp³-hybridized carbons (Fsp3) is 0.455. The summed E-state index contributed by atoms with van der Waals surface area (Å²) in [5.74, 6) is 0. The third kappa shape index (κ3) is 2.10. The van der Waals surface area contributed by atoms with Crippen LogP contribution in [0, 0.1) is 4.91 Å². The van der Waals surface area contributed by atoms with Gasteiger partial charge in [0.1, 0.15) is 0 Å². The Hall–Kier alpha value is -1.38. The van der Waals surface area contributed by atoms with Crippen molar-refractivity contribution in [3.8, 4) is 0 Å². The average Bonchev–Trinajstić information content (AvgIpc) is 2.44. The van der Waals surface area contributed by atoms with Gasteiger partial charge in [-0.05, 0) is 16.9 Å². The van der Waals surface area contributed by atoms with Crippen LogP contribution in [0.5, 0.6) is 0 Å². The molecule has 2 rings (SSSR count). The number of anilines is 1. The van der Waals surface area contributed by atoms with Gasteiger partial charge in [-0.2, -0.15) is 0 Å². The van der Waals surface area contributed by atoms with E-state index < -0.39 is 0 Å². The second-order valence-electron chi connectivity index (χ2n) is 3.61. The lowest BCUT2D eigenvalue weighted by molar-refractivity contribution is -0.544. The standard InChI is InChI=1S/C11H15N2O/c14-13-8-4-7-12(9-10-13)11-5-2-1-3-6-11/h1-3,5-6H,4,7-10H2/q+1. The first-order chi connectivity index (χ1) is 6.86. The Balaban J connectivity index is 2.08. The van der Waals surface area contributed by atoms with Crippen LogP contribution in [0.25, 0.3) is 0 Å². The third-order valence-electron chi connectivity index (χ3n) is 2.58. The van der Waals surface area contributed by atoms with Crippen molar-refractivity contribution in [3.05, 3.63) is 35.2 Å². The largest absolute Gasteiger partial charge is 0.365 e. The number of nitroso groups, excluding NO2 is 1. The van der Waals surface area contributed by atoms with E-state index in [0.717, 1.165) is 24.3 Å². The average molecular weight is 191 g/mol. The van der Waals surface area contributed by atoms with Crippen LogP contribution in [-0.2, 0) is 0 Å². The number of benzene rings is 1. The summed E-state index contributed by atoms with van der Waals surface area (Å²) in [6.07, 6.45) is 0.957. The molecule has 1 saturated heterocycles. The first-order valence-electron chi connectivity index (χ1n) is 5.08. The molecule has 3 nitrogen and oxygen atoms in total. The molecule has 0 aliphatic carbocycles. The number of para-hydroxylation sites is 1. The first-order valence-corrected chi connectivity index (χ1v) is 5.08. The SMILES string of the molecule is O=[N+]1CCCN(c2ccccc2)CC1. The highest BCUT2D eigenvalue weighted by Gasteiger charge is 2.17. The second-order valence-corrected chi connectivity index (χ2v) is 3.61. The number of hydrogen-bond acceptors (Lipinski definition) is 2. The van der Waals surface area contributed by atoms with Crippen molar-refractivity contribution in [1.82, 2.24) is 0 Å². The van der Waals surface area contributed by atoms with Crippen LogP contribution in [0.3, 0.4) is 0 Å². The molecule has 0 amide bonds. The molecule has 0 saturated carbocycles. The molecule has 3 heteroatoms. The number of rotatable bonds is 1. The van der Waals surface area contributed by atoms with Crippen LogP contribution in [0.15, 0.2) is 30.3 Å². The summed E-state index contributed by atoms with van der Waals surface area (Å²) in [5.41, 5.74) is 1.22. The van der Waals surface area contributed by atoms with Gasteiger partial charge in [-0.25, -0.2) is 0 Å². The Morgan fingerprint density at radius 3 is 2.64 bits per heavy atom. The topological polar surface area (TPSA) is 23.3 Å². The van der Waals surface area contributed by atoms with Crippen molar-refractivity contribution in [2.45, 2.75) is 6.42 Å². The van der Waals surface area contributed by atoms with E-state index >= 15 is 0 Å². The summed E-state index contributed by atoms with van der Waals surface area (Å²) >= 11 is 0. The molecular formula is C11H15N2O+. The Bertz CT molecular complexity index is 310. The van der Waals surface area contributed by atoms with Crippen molar-refractivity contribution in [2.75, 3.05) is 31.1 Å². The first kappa shape index (κ1) is 9.19. The highest BCUT2D eigenvalue weighted by atomic mass is 16.3. The van der Waals surface area contributed by atoms with Crippen LogP contribution in [0.1, 0.15) is 6.42 Å². The zero-order chi connectivity index (χ0) is 9.80. The van der Waals surface area contributed by atoms with Crippen molar-refractivity contribution in [1.29, 1.82) is 0 Å². The third-order valence-corrected chi connectivity index (χ3v) is 2.58. The molecule has 0 atom stereocenters. The molecule has 0 radical (unpaired) electrons. The Morgan fingerprint density at radius 1 is 1.07 bits per heavy atom. The van der Waals surface area contributed by atoms with E-state index in [9.17, 15) is 4.91 Å². The maximum atomic E-state index is 11.1. The molecule has 1 aromatic carbocycles. The minimum atomic E-state index is 0.620. The number of hydrogen-bond donors (Lipinski definition) is 0. The smallest absolute Gasteiger partial charge is 0.209 e. The molecular weight excluding hydrogens is 176 g/mol. The predicted octanol–water partition coefficient (Wildman–Crippen LogP) is 1.68. The zero-order valence-corrected chi connectivity index (χ0v) is 8.22. The lowest BCUT2D eigenvalue weighted by atomic mass is 10.3. The summed E-state index contributed by atoms with van der Waals surface area (Å²) in [4.78, 5) is 13.4. The molecule has 74 valence electrons. The molecule has 0 bridgehead atoms. The van der Waals surface area contributed by atoms with E-state index in [-0.39, 0.29) is 0 Å². The molecule has 1 aliphatic rings. The van der Waals surface area contributed by atoms with Crippen LogP contribution < -0.4 is 4.90 Å². The molecule has 1 aliphatic heterocycles. The van der Waals surface area contributed by atoms with Crippen molar-refractivity contribution in [2.24, 2.45) is 0 Å². The van der Waals surface area contributed by atoms with Gasteiger partial charge in [0.05, 0.1) is 6.54 Å². The highest BCUT2D eigenvalue weighted by Crippen LogP contribution is 2.14. The van der Waals surface area contributed by atoms with Gasteiger partial charge in [-0.1, -0.05) is 18.2 Å². The molecule has 1 fully saturated rings. The Labute approximate surface area is 83.9 Å². The molecule has 0 unspecified atom stereocenters. The van der Waals surface area contributed by atoms with Gasteiger partial charge in [-0.3, -0.25) is 0 Å². The van der Waals surface area contributed by atoms with Gasteiger partial charge in [0.2, 0.25) is 6.54 Å². The van der Waals surface area contributed by atoms with Gasteiger partial charge in [0, 0.05) is 23.6 Å². The van der Waals surface area contributed by atoms with E-state index in [4.69, 9.17) is 0 Å². The van der Waals surface area contributed by atoms with E-state index in [1.807, 2.05) is 18.2 Å². The summed E-state index contributed by atoms with van der Waals surface area (Å²) in [6, 6.07) is 10.3. The monoisotopic (exact) mass is 191 g/mol. The lowest BCUT2D eigenvalue weighted by Gasteiger charge is -2.20. The van der Waals surface area contributed by atoms with Crippen LogP contribution in [0.4, 0.5) is 5.69 Å². The molecule has 1 heterocycles. The molecule has 0 spiro atoms. The van der Waals surface area contributed by atoms with Crippen LogP contribution >= 0.6 is 0 Å².